The summed E-state index contributed by atoms with van der Waals surface area (Å²) < 4.78 is 5.73. The van der Waals surface area contributed by atoms with Gasteiger partial charge in [0.2, 0.25) is 0 Å². The molecule has 0 spiro atoms. The van der Waals surface area contributed by atoms with Crippen molar-refractivity contribution < 1.29 is 9.94 Å². The Morgan fingerprint density at radius 2 is 2.35 bits per heavy atom. The largest absolute Gasteiger partial charge is 0.409 e. The standard InChI is InChI=1S/C11H24N4O2/c1-3-14-5-6-17-10(7-14)8-15(4-2)9-11(12)13-16/h10,16H,3-9H2,1-2H3,(H2,12,13). The summed E-state index contributed by atoms with van der Waals surface area (Å²) in [5.74, 6) is 0.245. The molecule has 1 saturated heterocycles. The van der Waals surface area contributed by atoms with Crippen LogP contribution in [-0.2, 0) is 4.74 Å². The van der Waals surface area contributed by atoms with Crippen LogP contribution in [0.2, 0.25) is 0 Å². The molecule has 1 unspecified atom stereocenters. The van der Waals surface area contributed by atoms with Gasteiger partial charge in [0.15, 0.2) is 5.84 Å². The van der Waals surface area contributed by atoms with Crippen molar-refractivity contribution in [3.05, 3.63) is 0 Å². The number of nitrogens with two attached hydrogens (primary N) is 1. The van der Waals surface area contributed by atoms with E-state index in [1.165, 1.54) is 0 Å². The molecule has 0 saturated carbocycles. The molecule has 0 aliphatic carbocycles. The molecule has 17 heavy (non-hydrogen) atoms. The van der Waals surface area contributed by atoms with Gasteiger partial charge in [-0.2, -0.15) is 0 Å². The quantitative estimate of drug-likeness (QED) is 0.292. The SMILES string of the molecule is CCN1CCOC(CN(CC)CC(N)=NO)C1. The van der Waals surface area contributed by atoms with Crippen LogP contribution < -0.4 is 5.73 Å². The van der Waals surface area contributed by atoms with Crippen molar-refractivity contribution >= 4 is 5.84 Å². The van der Waals surface area contributed by atoms with Crippen LogP contribution in [0.15, 0.2) is 5.16 Å². The van der Waals surface area contributed by atoms with E-state index in [0.717, 1.165) is 39.3 Å². The number of oxime groups is 1. The predicted octanol–water partition coefficient (Wildman–Crippen LogP) is -0.225. The Kier molecular flexibility index (Phi) is 6.25. The molecule has 0 radical (unpaired) electrons. The smallest absolute Gasteiger partial charge is 0.153 e. The van der Waals surface area contributed by atoms with E-state index in [2.05, 4.69) is 28.8 Å². The van der Waals surface area contributed by atoms with Gasteiger partial charge >= 0.3 is 0 Å². The Hall–Kier alpha value is -0.850. The van der Waals surface area contributed by atoms with Gasteiger partial charge in [0, 0.05) is 19.6 Å². The fraction of sp³-hybridized carbons (Fsp3) is 0.909. The number of amidine groups is 1. The zero-order valence-corrected chi connectivity index (χ0v) is 10.8. The van der Waals surface area contributed by atoms with Gasteiger partial charge in [0.1, 0.15) is 0 Å². The first-order chi connectivity index (χ1) is 8.19. The molecule has 1 aliphatic heterocycles. The van der Waals surface area contributed by atoms with E-state index in [0.29, 0.717) is 6.54 Å². The maximum absolute atomic E-state index is 8.56. The highest BCUT2D eigenvalue weighted by molar-refractivity contribution is 5.81. The first-order valence-corrected chi connectivity index (χ1v) is 6.22. The summed E-state index contributed by atoms with van der Waals surface area (Å²) in [7, 11) is 0. The fourth-order valence-corrected chi connectivity index (χ4v) is 2.03. The summed E-state index contributed by atoms with van der Waals surface area (Å²) in [6, 6.07) is 0. The number of morpholine rings is 1. The Bertz CT molecular complexity index is 248. The minimum Gasteiger partial charge on any atom is -0.409 e. The number of hydrogen-bond donors (Lipinski definition) is 2. The lowest BCUT2D eigenvalue weighted by atomic mass is 10.2. The van der Waals surface area contributed by atoms with Gasteiger partial charge in [-0.15, -0.1) is 0 Å². The second-order valence-electron chi connectivity index (χ2n) is 4.31. The zero-order valence-electron chi connectivity index (χ0n) is 10.8. The van der Waals surface area contributed by atoms with Gasteiger partial charge in [-0.05, 0) is 13.1 Å². The van der Waals surface area contributed by atoms with E-state index in [-0.39, 0.29) is 11.9 Å². The van der Waals surface area contributed by atoms with Gasteiger partial charge in [0.05, 0.1) is 19.3 Å². The van der Waals surface area contributed by atoms with Crippen molar-refractivity contribution in [2.75, 3.05) is 45.9 Å². The highest BCUT2D eigenvalue weighted by Crippen LogP contribution is 2.06. The molecule has 0 amide bonds. The second kappa shape index (κ2) is 7.47. The van der Waals surface area contributed by atoms with Gasteiger partial charge in [-0.1, -0.05) is 19.0 Å². The third kappa shape index (κ3) is 4.89. The van der Waals surface area contributed by atoms with Crippen molar-refractivity contribution in [1.82, 2.24) is 9.80 Å². The van der Waals surface area contributed by atoms with E-state index in [9.17, 15) is 0 Å². The minimum absolute atomic E-state index is 0.218. The molecule has 0 bridgehead atoms. The number of rotatable bonds is 6. The second-order valence-corrected chi connectivity index (χ2v) is 4.31. The molecule has 0 aromatic carbocycles. The summed E-state index contributed by atoms with van der Waals surface area (Å²) >= 11 is 0. The van der Waals surface area contributed by atoms with E-state index >= 15 is 0 Å². The fourth-order valence-electron chi connectivity index (χ4n) is 2.03. The zero-order chi connectivity index (χ0) is 12.7. The average molecular weight is 244 g/mol. The third-order valence-electron chi connectivity index (χ3n) is 3.09. The van der Waals surface area contributed by atoms with Crippen LogP contribution in [-0.4, -0.2) is 72.8 Å². The summed E-state index contributed by atoms with van der Waals surface area (Å²) in [4.78, 5) is 4.50. The van der Waals surface area contributed by atoms with Crippen LogP contribution in [0.25, 0.3) is 0 Å². The number of hydrogen-bond acceptors (Lipinski definition) is 5. The van der Waals surface area contributed by atoms with Crippen LogP contribution in [0, 0.1) is 0 Å². The van der Waals surface area contributed by atoms with E-state index in [1.54, 1.807) is 0 Å². The predicted molar refractivity (Wildman–Crippen MR) is 67.4 cm³/mol. The van der Waals surface area contributed by atoms with Gasteiger partial charge in [-0.3, -0.25) is 9.80 Å². The molecule has 6 heteroatoms. The Morgan fingerprint density at radius 1 is 1.59 bits per heavy atom. The van der Waals surface area contributed by atoms with E-state index in [1.807, 2.05) is 0 Å². The molecule has 1 rings (SSSR count). The monoisotopic (exact) mass is 244 g/mol. The van der Waals surface area contributed by atoms with Crippen LogP contribution >= 0.6 is 0 Å². The van der Waals surface area contributed by atoms with Crippen LogP contribution in [0.5, 0.6) is 0 Å². The number of likely N-dealkylation sites (N-methyl/N-ethyl adjacent to an activating group) is 2. The highest BCUT2D eigenvalue weighted by atomic mass is 16.5. The van der Waals surface area contributed by atoms with E-state index in [4.69, 9.17) is 15.7 Å². The Morgan fingerprint density at radius 3 is 2.94 bits per heavy atom. The highest BCUT2D eigenvalue weighted by Gasteiger charge is 2.21. The van der Waals surface area contributed by atoms with Crippen molar-refractivity contribution in [1.29, 1.82) is 0 Å². The average Bonchev–Trinajstić information content (AvgIpc) is 2.37. The van der Waals surface area contributed by atoms with Gasteiger partial charge < -0.3 is 15.7 Å². The lowest BCUT2D eigenvalue weighted by molar-refractivity contribution is -0.0396. The lowest BCUT2D eigenvalue weighted by Crippen LogP contribution is -2.48. The molecule has 0 aromatic heterocycles. The van der Waals surface area contributed by atoms with Crippen LogP contribution in [0.3, 0.4) is 0 Å². The summed E-state index contributed by atoms with van der Waals surface area (Å²) in [5, 5.41) is 11.6. The maximum atomic E-state index is 8.56. The first kappa shape index (κ1) is 14.2. The Balaban J connectivity index is 2.39. The Labute approximate surface area is 103 Å². The lowest BCUT2D eigenvalue weighted by Gasteiger charge is -2.34. The van der Waals surface area contributed by atoms with Crippen LogP contribution in [0.4, 0.5) is 0 Å². The van der Waals surface area contributed by atoms with Crippen LogP contribution in [0.1, 0.15) is 13.8 Å². The topological polar surface area (TPSA) is 74.3 Å². The maximum Gasteiger partial charge on any atom is 0.153 e. The molecule has 6 nitrogen and oxygen atoms in total. The van der Waals surface area contributed by atoms with Crippen molar-refractivity contribution in [2.24, 2.45) is 10.9 Å². The third-order valence-corrected chi connectivity index (χ3v) is 3.09. The molecule has 0 aromatic rings. The molecular weight excluding hydrogens is 220 g/mol. The molecule has 3 N–H and O–H groups in total. The van der Waals surface area contributed by atoms with E-state index < -0.39 is 0 Å². The molecular formula is C11H24N4O2. The molecule has 1 aliphatic rings. The minimum atomic E-state index is 0.218. The van der Waals surface area contributed by atoms with Crippen molar-refractivity contribution in [3.63, 3.8) is 0 Å². The molecule has 1 heterocycles. The van der Waals surface area contributed by atoms with Gasteiger partial charge in [0.25, 0.3) is 0 Å². The summed E-state index contributed by atoms with van der Waals surface area (Å²) in [6.45, 7) is 10.2. The van der Waals surface area contributed by atoms with Crippen molar-refractivity contribution in [2.45, 2.75) is 20.0 Å². The summed E-state index contributed by atoms with van der Waals surface area (Å²) in [6.07, 6.45) is 0.218. The first-order valence-electron chi connectivity index (χ1n) is 6.22. The van der Waals surface area contributed by atoms with Gasteiger partial charge in [-0.25, -0.2) is 0 Å². The number of ether oxygens (including phenoxy) is 1. The number of nitrogens with zero attached hydrogens (tertiary/aromatic N) is 3. The molecule has 100 valence electrons. The van der Waals surface area contributed by atoms with Crippen molar-refractivity contribution in [3.8, 4) is 0 Å². The molecule has 1 atom stereocenters. The normalized spacial score (nSPS) is 23.2. The summed E-state index contributed by atoms with van der Waals surface area (Å²) in [5.41, 5.74) is 5.52. The molecule has 1 fully saturated rings.